The normalized spacial score (nSPS) is 15.8. The number of rotatable bonds is 7. The SMILES string of the molecule is Clc1ccc2c(c1)CCc1cccnc1C2CCOCCCc1c[nH]cn1. The van der Waals surface area contributed by atoms with E-state index in [-0.39, 0.29) is 5.92 Å². The summed E-state index contributed by atoms with van der Waals surface area (Å²) >= 11 is 6.25. The first kappa shape index (κ1) is 18.2. The van der Waals surface area contributed by atoms with E-state index in [1.54, 1.807) is 6.33 Å². The van der Waals surface area contributed by atoms with Gasteiger partial charge in [0.1, 0.15) is 0 Å². The van der Waals surface area contributed by atoms with Gasteiger partial charge in [-0.05, 0) is 67.0 Å². The van der Waals surface area contributed by atoms with Crippen molar-refractivity contribution in [3.05, 3.63) is 82.2 Å². The van der Waals surface area contributed by atoms with Crippen molar-refractivity contribution in [3.8, 4) is 0 Å². The zero-order chi connectivity index (χ0) is 18.5. The molecule has 1 aliphatic rings. The monoisotopic (exact) mass is 381 g/mol. The standard InChI is InChI=1S/C22H24ClN3O/c23-18-7-8-20-17(13-18)6-5-16-3-1-10-25-22(16)21(20)9-12-27-11-2-4-19-14-24-15-26-19/h1,3,7-8,10,13-15,21H,2,4-6,9,11-12H2,(H,24,26). The molecule has 0 fully saturated rings. The van der Waals surface area contributed by atoms with Gasteiger partial charge in [-0.3, -0.25) is 4.98 Å². The third-order valence-corrected chi connectivity index (χ3v) is 5.46. The van der Waals surface area contributed by atoms with E-state index < -0.39 is 0 Å². The molecular formula is C22H24ClN3O. The number of hydrogen-bond acceptors (Lipinski definition) is 3. The molecule has 1 unspecified atom stereocenters. The molecular weight excluding hydrogens is 358 g/mol. The van der Waals surface area contributed by atoms with E-state index in [1.165, 1.54) is 22.4 Å². The molecule has 0 aliphatic heterocycles. The quantitative estimate of drug-likeness (QED) is 0.602. The van der Waals surface area contributed by atoms with E-state index in [2.05, 4.69) is 28.2 Å². The molecule has 0 spiro atoms. The lowest BCUT2D eigenvalue weighted by molar-refractivity contribution is 0.126. The molecule has 0 amide bonds. The number of nitrogens with zero attached hydrogens (tertiary/aromatic N) is 2. The highest BCUT2D eigenvalue weighted by molar-refractivity contribution is 6.30. The van der Waals surface area contributed by atoms with Gasteiger partial charge in [0.25, 0.3) is 0 Å². The molecule has 1 aliphatic carbocycles. The third kappa shape index (κ3) is 4.40. The summed E-state index contributed by atoms with van der Waals surface area (Å²) < 4.78 is 5.94. The maximum Gasteiger partial charge on any atom is 0.0923 e. The van der Waals surface area contributed by atoms with Gasteiger partial charge in [-0.1, -0.05) is 23.7 Å². The van der Waals surface area contributed by atoms with E-state index in [0.717, 1.165) is 56.0 Å². The number of hydrogen-bond donors (Lipinski definition) is 1. The largest absolute Gasteiger partial charge is 0.381 e. The van der Waals surface area contributed by atoms with Gasteiger partial charge in [-0.25, -0.2) is 4.98 Å². The molecule has 3 aromatic rings. The topological polar surface area (TPSA) is 50.8 Å². The Morgan fingerprint density at radius 1 is 1.11 bits per heavy atom. The Morgan fingerprint density at radius 2 is 2.04 bits per heavy atom. The lowest BCUT2D eigenvalue weighted by Crippen LogP contribution is -2.10. The van der Waals surface area contributed by atoms with Crippen LogP contribution >= 0.6 is 11.6 Å². The molecule has 0 bridgehead atoms. The van der Waals surface area contributed by atoms with Crippen molar-refractivity contribution in [2.45, 2.75) is 38.0 Å². The number of fused-ring (bicyclic) bond motifs is 2. The molecule has 1 aromatic carbocycles. The minimum absolute atomic E-state index is 0.266. The van der Waals surface area contributed by atoms with Crippen LogP contribution in [0, 0.1) is 0 Å². The van der Waals surface area contributed by atoms with Crippen molar-refractivity contribution in [1.82, 2.24) is 15.0 Å². The summed E-state index contributed by atoms with van der Waals surface area (Å²) in [5, 5.41) is 0.807. The molecule has 0 radical (unpaired) electrons. The lowest BCUT2D eigenvalue weighted by atomic mass is 9.89. The molecule has 0 saturated heterocycles. The zero-order valence-corrected chi connectivity index (χ0v) is 16.1. The van der Waals surface area contributed by atoms with Crippen LogP contribution < -0.4 is 0 Å². The average Bonchev–Trinajstić information content (AvgIpc) is 3.15. The number of pyridine rings is 1. The van der Waals surface area contributed by atoms with Crippen molar-refractivity contribution in [2.24, 2.45) is 0 Å². The molecule has 4 rings (SSSR count). The number of H-pyrrole nitrogens is 1. The number of benzene rings is 1. The summed E-state index contributed by atoms with van der Waals surface area (Å²) in [4.78, 5) is 12.0. The molecule has 140 valence electrons. The van der Waals surface area contributed by atoms with Gasteiger partial charge in [-0.2, -0.15) is 0 Å². The van der Waals surface area contributed by atoms with E-state index in [4.69, 9.17) is 21.3 Å². The van der Waals surface area contributed by atoms with E-state index in [1.807, 2.05) is 24.5 Å². The second-order valence-electron chi connectivity index (χ2n) is 7.01. The number of imidazole rings is 1. The highest BCUT2D eigenvalue weighted by Gasteiger charge is 2.24. The van der Waals surface area contributed by atoms with Gasteiger partial charge >= 0.3 is 0 Å². The Labute approximate surface area is 165 Å². The van der Waals surface area contributed by atoms with Crippen molar-refractivity contribution < 1.29 is 4.74 Å². The number of nitrogens with one attached hydrogen (secondary N) is 1. The maximum atomic E-state index is 6.25. The average molecular weight is 382 g/mol. The summed E-state index contributed by atoms with van der Waals surface area (Å²) in [6.45, 7) is 1.48. The fraction of sp³-hybridized carbons (Fsp3) is 0.364. The van der Waals surface area contributed by atoms with Gasteiger partial charge in [0, 0.05) is 36.5 Å². The number of ether oxygens (including phenoxy) is 1. The first-order valence-electron chi connectivity index (χ1n) is 9.59. The number of halogens is 1. The van der Waals surface area contributed by atoms with Crippen LogP contribution in [0.15, 0.2) is 49.1 Å². The van der Waals surface area contributed by atoms with Gasteiger partial charge in [0.05, 0.1) is 17.7 Å². The van der Waals surface area contributed by atoms with E-state index in [9.17, 15) is 0 Å². The molecule has 1 atom stereocenters. The Morgan fingerprint density at radius 3 is 2.93 bits per heavy atom. The van der Waals surface area contributed by atoms with Gasteiger partial charge in [0.2, 0.25) is 0 Å². The predicted octanol–water partition coefficient (Wildman–Crippen LogP) is 4.73. The van der Waals surface area contributed by atoms with Crippen LogP contribution in [-0.4, -0.2) is 28.2 Å². The highest BCUT2D eigenvalue weighted by atomic mass is 35.5. The van der Waals surface area contributed by atoms with Crippen LogP contribution in [0.1, 0.15) is 46.8 Å². The summed E-state index contributed by atoms with van der Waals surface area (Å²) in [6, 6.07) is 10.5. The molecule has 5 heteroatoms. The Balaban J connectivity index is 1.41. The second kappa shape index (κ2) is 8.68. The molecule has 27 heavy (non-hydrogen) atoms. The summed E-state index contributed by atoms with van der Waals surface area (Å²) in [5.74, 6) is 0.266. The van der Waals surface area contributed by atoms with Gasteiger partial charge in [-0.15, -0.1) is 0 Å². The van der Waals surface area contributed by atoms with Gasteiger partial charge < -0.3 is 9.72 Å². The Kier molecular flexibility index (Phi) is 5.85. The number of aryl methyl sites for hydroxylation is 3. The van der Waals surface area contributed by atoms with Crippen molar-refractivity contribution in [2.75, 3.05) is 13.2 Å². The highest BCUT2D eigenvalue weighted by Crippen LogP contribution is 2.36. The van der Waals surface area contributed by atoms with Crippen LogP contribution in [0.2, 0.25) is 5.02 Å². The molecule has 0 saturated carbocycles. The molecule has 4 nitrogen and oxygen atoms in total. The van der Waals surface area contributed by atoms with Gasteiger partial charge in [0.15, 0.2) is 0 Å². The number of aromatic nitrogens is 3. The van der Waals surface area contributed by atoms with E-state index in [0.29, 0.717) is 0 Å². The van der Waals surface area contributed by atoms with Crippen LogP contribution in [0.5, 0.6) is 0 Å². The van der Waals surface area contributed by atoms with Crippen LogP contribution in [-0.2, 0) is 24.0 Å². The first-order chi connectivity index (χ1) is 13.3. The number of aromatic amines is 1. The van der Waals surface area contributed by atoms with Crippen LogP contribution in [0.4, 0.5) is 0 Å². The summed E-state index contributed by atoms with van der Waals surface area (Å²) in [6.07, 6.45) is 10.4. The minimum Gasteiger partial charge on any atom is -0.381 e. The maximum absolute atomic E-state index is 6.25. The summed E-state index contributed by atoms with van der Waals surface area (Å²) in [7, 11) is 0. The van der Waals surface area contributed by atoms with Crippen molar-refractivity contribution in [1.29, 1.82) is 0 Å². The first-order valence-corrected chi connectivity index (χ1v) is 9.96. The second-order valence-corrected chi connectivity index (χ2v) is 7.45. The Hall–Kier alpha value is -2.17. The van der Waals surface area contributed by atoms with Crippen molar-refractivity contribution in [3.63, 3.8) is 0 Å². The fourth-order valence-corrected chi connectivity index (χ4v) is 4.10. The van der Waals surface area contributed by atoms with Crippen LogP contribution in [0.3, 0.4) is 0 Å². The predicted molar refractivity (Wildman–Crippen MR) is 107 cm³/mol. The minimum atomic E-state index is 0.266. The Bertz CT molecular complexity index is 879. The lowest BCUT2D eigenvalue weighted by Gasteiger charge is -2.19. The smallest absolute Gasteiger partial charge is 0.0923 e. The zero-order valence-electron chi connectivity index (χ0n) is 15.3. The van der Waals surface area contributed by atoms with Crippen molar-refractivity contribution >= 4 is 11.6 Å². The molecule has 2 aromatic heterocycles. The van der Waals surface area contributed by atoms with E-state index >= 15 is 0 Å². The molecule has 2 heterocycles. The van der Waals surface area contributed by atoms with Crippen LogP contribution in [0.25, 0.3) is 0 Å². The fourth-order valence-electron chi connectivity index (χ4n) is 3.90. The molecule has 1 N–H and O–H groups in total. The third-order valence-electron chi connectivity index (χ3n) is 5.23. The summed E-state index contributed by atoms with van der Waals surface area (Å²) in [5.41, 5.74) is 6.30.